The molecule has 1 amide bonds. The summed E-state index contributed by atoms with van der Waals surface area (Å²) in [6.45, 7) is 3.35. The van der Waals surface area contributed by atoms with E-state index in [1.165, 1.54) is 6.08 Å². The Balaban J connectivity index is 2.72. The highest BCUT2D eigenvalue weighted by Crippen LogP contribution is 2.27. The van der Waals surface area contributed by atoms with Crippen molar-refractivity contribution in [2.45, 2.75) is 37.9 Å². The van der Waals surface area contributed by atoms with Gasteiger partial charge in [0.2, 0.25) is 0 Å². The van der Waals surface area contributed by atoms with Crippen LogP contribution in [0.25, 0.3) is 0 Å². The summed E-state index contributed by atoms with van der Waals surface area (Å²) in [6, 6.07) is -0.267. The van der Waals surface area contributed by atoms with Gasteiger partial charge in [-0.1, -0.05) is 18.9 Å². The summed E-state index contributed by atoms with van der Waals surface area (Å²) in [5, 5.41) is 0. The summed E-state index contributed by atoms with van der Waals surface area (Å²) in [4.78, 5) is 12.0. The highest BCUT2D eigenvalue weighted by molar-refractivity contribution is 5.82. The predicted octanol–water partition coefficient (Wildman–Crippen LogP) is 2.51. The summed E-state index contributed by atoms with van der Waals surface area (Å²) in [7, 11) is 0. The Morgan fingerprint density at radius 3 is 2.33 bits per heavy atom. The van der Waals surface area contributed by atoms with Gasteiger partial charge in [0.05, 0.1) is 0 Å². The number of amides is 1. The fourth-order valence-corrected chi connectivity index (χ4v) is 1.92. The van der Waals surface area contributed by atoms with Crippen LogP contribution in [0.5, 0.6) is 0 Å². The van der Waals surface area contributed by atoms with Crippen molar-refractivity contribution in [3.63, 3.8) is 0 Å². The number of hydrogen-bond acceptors (Lipinski definition) is 1. The van der Waals surface area contributed by atoms with Gasteiger partial charge in [-0.25, -0.2) is 0 Å². The molecule has 15 heavy (non-hydrogen) atoms. The maximum absolute atomic E-state index is 12.3. The second-order valence-corrected chi connectivity index (χ2v) is 3.68. The van der Waals surface area contributed by atoms with Crippen LogP contribution in [0, 0.1) is 0 Å². The van der Waals surface area contributed by atoms with Gasteiger partial charge in [-0.05, 0) is 12.8 Å². The van der Waals surface area contributed by atoms with Crippen molar-refractivity contribution in [1.82, 2.24) is 4.90 Å². The van der Waals surface area contributed by atoms with E-state index in [4.69, 9.17) is 0 Å². The van der Waals surface area contributed by atoms with E-state index in [1.807, 2.05) is 0 Å². The van der Waals surface area contributed by atoms with Gasteiger partial charge in [-0.15, -0.1) is 6.58 Å². The van der Waals surface area contributed by atoms with E-state index in [0.29, 0.717) is 12.8 Å². The summed E-state index contributed by atoms with van der Waals surface area (Å²) in [5.74, 6) is -1.74. The van der Waals surface area contributed by atoms with Crippen LogP contribution >= 0.6 is 0 Å². The number of halogens is 3. The van der Waals surface area contributed by atoms with Crippen molar-refractivity contribution in [1.29, 1.82) is 0 Å². The number of nitrogens with zero attached hydrogens (tertiary/aromatic N) is 1. The molecule has 1 aliphatic rings. The van der Waals surface area contributed by atoms with Crippen LogP contribution in [0.1, 0.15) is 25.7 Å². The maximum Gasteiger partial charge on any atom is 0.471 e. The molecule has 1 saturated carbocycles. The van der Waals surface area contributed by atoms with Crippen LogP contribution in [0.4, 0.5) is 13.2 Å². The third-order valence-electron chi connectivity index (χ3n) is 2.59. The quantitative estimate of drug-likeness (QED) is 0.670. The van der Waals surface area contributed by atoms with Crippen molar-refractivity contribution in [3.8, 4) is 0 Å². The minimum absolute atomic E-state index is 0.0248. The molecule has 0 aromatic heterocycles. The Hall–Kier alpha value is -1.00. The Labute approximate surface area is 86.7 Å². The molecule has 86 valence electrons. The average Bonchev–Trinajstić information content (AvgIpc) is 2.64. The largest absolute Gasteiger partial charge is 0.471 e. The summed E-state index contributed by atoms with van der Waals surface area (Å²) in [5.41, 5.74) is 0. The third kappa shape index (κ3) is 2.97. The zero-order valence-electron chi connectivity index (χ0n) is 8.39. The lowest BCUT2D eigenvalue weighted by Gasteiger charge is -2.28. The summed E-state index contributed by atoms with van der Waals surface area (Å²) < 4.78 is 36.8. The Morgan fingerprint density at radius 2 is 1.93 bits per heavy atom. The van der Waals surface area contributed by atoms with Crippen LogP contribution in [0.2, 0.25) is 0 Å². The molecule has 0 unspecified atom stereocenters. The fourth-order valence-electron chi connectivity index (χ4n) is 1.92. The standard InChI is InChI=1S/C10H14F3NO/c1-2-7-14(8-5-3-4-6-8)9(15)10(11,12)13/h2,8H,1,3-7H2. The molecule has 5 heteroatoms. The van der Waals surface area contributed by atoms with E-state index in [2.05, 4.69) is 6.58 Å². The number of hydrogen-bond donors (Lipinski definition) is 0. The Morgan fingerprint density at radius 1 is 1.40 bits per heavy atom. The van der Waals surface area contributed by atoms with E-state index < -0.39 is 12.1 Å². The Kier molecular flexibility index (Phi) is 3.77. The maximum atomic E-state index is 12.3. The minimum Gasteiger partial charge on any atom is -0.328 e. The van der Waals surface area contributed by atoms with Gasteiger partial charge in [0.1, 0.15) is 0 Å². The van der Waals surface area contributed by atoms with Gasteiger partial charge in [0.25, 0.3) is 0 Å². The van der Waals surface area contributed by atoms with Crippen molar-refractivity contribution < 1.29 is 18.0 Å². The van der Waals surface area contributed by atoms with Gasteiger partial charge >= 0.3 is 12.1 Å². The van der Waals surface area contributed by atoms with E-state index in [9.17, 15) is 18.0 Å². The van der Waals surface area contributed by atoms with Gasteiger partial charge in [0.15, 0.2) is 0 Å². The molecule has 1 aliphatic carbocycles. The van der Waals surface area contributed by atoms with Crippen molar-refractivity contribution in [2.24, 2.45) is 0 Å². The first-order valence-corrected chi connectivity index (χ1v) is 4.95. The van der Waals surface area contributed by atoms with Gasteiger partial charge in [-0.2, -0.15) is 13.2 Å². The average molecular weight is 221 g/mol. The van der Waals surface area contributed by atoms with Crippen LogP contribution in [-0.2, 0) is 4.79 Å². The first kappa shape index (κ1) is 12.1. The van der Waals surface area contributed by atoms with E-state index in [0.717, 1.165) is 17.7 Å². The van der Waals surface area contributed by atoms with Crippen LogP contribution in [0.3, 0.4) is 0 Å². The molecule has 1 fully saturated rings. The fraction of sp³-hybridized carbons (Fsp3) is 0.700. The second-order valence-electron chi connectivity index (χ2n) is 3.68. The molecule has 0 saturated heterocycles. The number of carbonyl (C=O) groups excluding carboxylic acids is 1. The zero-order valence-corrected chi connectivity index (χ0v) is 8.39. The van der Waals surface area contributed by atoms with Crippen LogP contribution < -0.4 is 0 Å². The summed E-state index contributed by atoms with van der Waals surface area (Å²) >= 11 is 0. The molecular formula is C10H14F3NO. The van der Waals surface area contributed by atoms with E-state index in [1.54, 1.807) is 0 Å². The molecule has 0 atom stereocenters. The molecule has 0 heterocycles. The lowest BCUT2D eigenvalue weighted by Crippen LogP contribution is -2.46. The minimum atomic E-state index is -4.77. The second kappa shape index (κ2) is 4.68. The molecule has 0 bridgehead atoms. The number of alkyl halides is 3. The predicted molar refractivity (Wildman–Crippen MR) is 50.2 cm³/mol. The SMILES string of the molecule is C=CCN(C(=O)C(F)(F)F)C1CCCC1. The molecule has 0 aromatic rings. The van der Waals surface area contributed by atoms with Crippen molar-refractivity contribution in [3.05, 3.63) is 12.7 Å². The first-order chi connectivity index (χ1) is 6.96. The van der Waals surface area contributed by atoms with E-state index in [-0.39, 0.29) is 12.6 Å². The monoisotopic (exact) mass is 221 g/mol. The molecule has 0 spiro atoms. The number of rotatable bonds is 3. The Bertz CT molecular complexity index is 244. The smallest absolute Gasteiger partial charge is 0.328 e. The highest BCUT2D eigenvalue weighted by atomic mass is 19.4. The normalized spacial score (nSPS) is 17.8. The summed E-state index contributed by atoms with van der Waals surface area (Å²) in [6.07, 6.45) is -0.328. The van der Waals surface area contributed by atoms with Gasteiger partial charge in [0, 0.05) is 12.6 Å². The molecule has 1 rings (SSSR count). The van der Waals surface area contributed by atoms with Gasteiger partial charge in [-0.3, -0.25) is 4.79 Å². The van der Waals surface area contributed by atoms with Crippen molar-refractivity contribution >= 4 is 5.91 Å². The molecule has 2 nitrogen and oxygen atoms in total. The third-order valence-corrected chi connectivity index (χ3v) is 2.59. The molecule has 0 N–H and O–H groups in total. The molecular weight excluding hydrogens is 207 g/mol. The van der Waals surface area contributed by atoms with E-state index >= 15 is 0 Å². The highest BCUT2D eigenvalue weighted by Gasteiger charge is 2.44. The molecule has 0 aromatic carbocycles. The lowest BCUT2D eigenvalue weighted by atomic mass is 10.2. The number of carbonyl (C=O) groups is 1. The van der Waals surface area contributed by atoms with Crippen LogP contribution in [-0.4, -0.2) is 29.6 Å². The molecule has 0 aliphatic heterocycles. The van der Waals surface area contributed by atoms with Gasteiger partial charge < -0.3 is 4.90 Å². The lowest BCUT2D eigenvalue weighted by molar-refractivity contribution is -0.187. The van der Waals surface area contributed by atoms with Crippen molar-refractivity contribution in [2.75, 3.05) is 6.54 Å². The zero-order chi connectivity index (χ0) is 11.5. The first-order valence-electron chi connectivity index (χ1n) is 4.95. The van der Waals surface area contributed by atoms with Crippen LogP contribution in [0.15, 0.2) is 12.7 Å². The molecule has 0 radical (unpaired) electrons. The topological polar surface area (TPSA) is 20.3 Å².